The number of amides is 1. The highest BCUT2D eigenvalue weighted by molar-refractivity contribution is 5.91. The molecule has 0 saturated carbocycles. The Labute approximate surface area is 109 Å². The summed E-state index contributed by atoms with van der Waals surface area (Å²) in [5.41, 5.74) is 1.13. The van der Waals surface area contributed by atoms with Crippen molar-refractivity contribution in [2.24, 2.45) is 0 Å². The lowest BCUT2D eigenvalue weighted by Gasteiger charge is -2.19. The molecule has 18 heavy (non-hydrogen) atoms. The first kappa shape index (κ1) is 14.6. The second-order valence-electron chi connectivity index (χ2n) is 4.44. The highest BCUT2D eigenvalue weighted by Gasteiger charge is 2.16. The molecule has 0 fully saturated rings. The molecule has 0 aliphatic carbocycles. The van der Waals surface area contributed by atoms with Crippen LogP contribution in [0.4, 0.5) is 5.95 Å². The van der Waals surface area contributed by atoms with Gasteiger partial charge in [0.1, 0.15) is 0 Å². The maximum absolute atomic E-state index is 12.0. The maximum Gasteiger partial charge on any atom is 0.232 e. The standard InChI is InChI=1S/C14H23N3O/c1-4-7-12-10-15-14(16-11-12)17(9-6-3)13(18)8-5-2/h10-11H,4-9H2,1-3H3. The molecule has 0 saturated heterocycles. The molecule has 0 aromatic carbocycles. The number of hydrogen-bond acceptors (Lipinski definition) is 3. The number of rotatable bonds is 7. The van der Waals surface area contributed by atoms with Gasteiger partial charge in [-0.15, -0.1) is 0 Å². The average Bonchev–Trinajstić information content (AvgIpc) is 2.38. The summed E-state index contributed by atoms with van der Waals surface area (Å²) in [6.45, 7) is 6.87. The van der Waals surface area contributed by atoms with Gasteiger partial charge >= 0.3 is 0 Å². The molecule has 1 rings (SSSR count). The van der Waals surface area contributed by atoms with Crippen LogP contribution in [0.3, 0.4) is 0 Å². The predicted molar refractivity (Wildman–Crippen MR) is 73.6 cm³/mol. The zero-order chi connectivity index (χ0) is 13.4. The molecule has 1 aromatic heterocycles. The summed E-state index contributed by atoms with van der Waals surface area (Å²) in [4.78, 5) is 22.3. The van der Waals surface area contributed by atoms with Crippen LogP contribution in [0, 0.1) is 0 Å². The second kappa shape index (κ2) is 7.80. The molecule has 0 radical (unpaired) electrons. The van der Waals surface area contributed by atoms with E-state index in [-0.39, 0.29) is 5.91 Å². The normalized spacial score (nSPS) is 10.4. The van der Waals surface area contributed by atoms with Crippen LogP contribution in [0.25, 0.3) is 0 Å². The average molecular weight is 249 g/mol. The third-order valence-electron chi connectivity index (χ3n) is 2.68. The van der Waals surface area contributed by atoms with E-state index in [1.54, 1.807) is 4.90 Å². The summed E-state index contributed by atoms with van der Waals surface area (Å²) in [6, 6.07) is 0. The number of carbonyl (C=O) groups excluding carboxylic acids is 1. The Morgan fingerprint density at radius 3 is 2.28 bits per heavy atom. The second-order valence-corrected chi connectivity index (χ2v) is 4.44. The topological polar surface area (TPSA) is 46.1 Å². The van der Waals surface area contributed by atoms with Gasteiger partial charge in [-0.2, -0.15) is 0 Å². The Hall–Kier alpha value is -1.45. The number of nitrogens with zero attached hydrogens (tertiary/aromatic N) is 3. The molecule has 4 heteroatoms. The molecule has 1 amide bonds. The van der Waals surface area contributed by atoms with Gasteiger partial charge < -0.3 is 0 Å². The zero-order valence-corrected chi connectivity index (χ0v) is 11.6. The van der Waals surface area contributed by atoms with Gasteiger partial charge in [0.05, 0.1) is 0 Å². The van der Waals surface area contributed by atoms with Gasteiger partial charge in [0, 0.05) is 25.4 Å². The number of aryl methyl sites for hydroxylation is 1. The van der Waals surface area contributed by atoms with E-state index in [0.29, 0.717) is 18.9 Å². The van der Waals surface area contributed by atoms with Crippen LogP contribution < -0.4 is 4.90 Å². The van der Waals surface area contributed by atoms with E-state index >= 15 is 0 Å². The minimum Gasteiger partial charge on any atom is -0.281 e. The lowest BCUT2D eigenvalue weighted by Crippen LogP contribution is -2.32. The molecule has 100 valence electrons. The summed E-state index contributed by atoms with van der Waals surface area (Å²) in [7, 11) is 0. The number of hydrogen-bond donors (Lipinski definition) is 0. The molecule has 1 aromatic rings. The van der Waals surface area contributed by atoms with Crippen molar-refractivity contribution in [2.75, 3.05) is 11.4 Å². The fourth-order valence-corrected chi connectivity index (χ4v) is 1.81. The Balaban J connectivity index is 2.81. The molecule has 0 aliphatic heterocycles. The van der Waals surface area contributed by atoms with E-state index in [4.69, 9.17) is 0 Å². The fraction of sp³-hybridized carbons (Fsp3) is 0.643. The van der Waals surface area contributed by atoms with Crippen LogP contribution in [-0.4, -0.2) is 22.4 Å². The van der Waals surface area contributed by atoms with Gasteiger partial charge in [-0.3, -0.25) is 9.69 Å². The van der Waals surface area contributed by atoms with Crippen molar-refractivity contribution in [1.82, 2.24) is 9.97 Å². The minimum absolute atomic E-state index is 0.114. The van der Waals surface area contributed by atoms with Crippen molar-refractivity contribution in [3.8, 4) is 0 Å². The van der Waals surface area contributed by atoms with Crippen molar-refractivity contribution >= 4 is 11.9 Å². The van der Waals surface area contributed by atoms with Gasteiger partial charge in [-0.25, -0.2) is 9.97 Å². The number of aromatic nitrogens is 2. The molecule has 0 atom stereocenters. The van der Waals surface area contributed by atoms with Gasteiger partial charge in [0.15, 0.2) is 0 Å². The molecule has 4 nitrogen and oxygen atoms in total. The summed E-state index contributed by atoms with van der Waals surface area (Å²) in [5, 5.41) is 0. The van der Waals surface area contributed by atoms with E-state index in [1.807, 2.05) is 19.3 Å². The smallest absolute Gasteiger partial charge is 0.232 e. The zero-order valence-electron chi connectivity index (χ0n) is 11.6. The molecule has 0 unspecified atom stereocenters. The van der Waals surface area contributed by atoms with Crippen LogP contribution in [0.2, 0.25) is 0 Å². The third kappa shape index (κ3) is 4.09. The van der Waals surface area contributed by atoms with E-state index < -0.39 is 0 Å². The van der Waals surface area contributed by atoms with Gasteiger partial charge in [-0.1, -0.05) is 27.2 Å². The summed E-state index contributed by atoms with van der Waals surface area (Å²) < 4.78 is 0. The monoisotopic (exact) mass is 249 g/mol. The van der Waals surface area contributed by atoms with E-state index in [0.717, 1.165) is 31.2 Å². The predicted octanol–water partition coefficient (Wildman–Crippen LogP) is 2.97. The highest BCUT2D eigenvalue weighted by Crippen LogP contribution is 2.11. The number of carbonyl (C=O) groups is 1. The van der Waals surface area contributed by atoms with Gasteiger partial charge in [-0.05, 0) is 24.8 Å². The molecule has 1 heterocycles. The number of anilines is 1. The van der Waals surface area contributed by atoms with Crippen LogP contribution in [0.1, 0.15) is 52.0 Å². The van der Waals surface area contributed by atoms with Gasteiger partial charge in [0.25, 0.3) is 0 Å². The highest BCUT2D eigenvalue weighted by atomic mass is 16.2. The Kier molecular flexibility index (Phi) is 6.33. The SMILES string of the molecule is CCCC(=O)N(CCC)c1ncc(CCC)cn1. The van der Waals surface area contributed by atoms with Crippen LogP contribution >= 0.6 is 0 Å². The molecule has 0 bridgehead atoms. The fourth-order valence-electron chi connectivity index (χ4n) is 1.81. The first-order valence-electron chi connectivity index (χ1n) is 6.84. The van der Waals surface area contributed by atoms with Crippen LogP contribution in [0.15, 0.2) is 12.4 Å². The molecule has 0 spiro atoms. The van der Waals surface area contributed by atoms with Crippen molar-refractivity contribution in [3.05, 3.63) is 18.0 Å². The van der Waals surface area contributed by atoms with Crippen molar-refractivity contribution in [2.45, 2.75) is 52.9 Å². The van der Waals surface area contributed by atoms with Crippen LogP contribution in [0.5, 0.6) is 0 Å². The van der Waals surface area contributed by atoms with E-state index in [9.17, 15) is 4.79 Å². The van der Waals surface area contributed by atoms with Crippen LogP contribution in [-0.2, 0) is 11.2 Å². The van der Waals surface area contributed by atoms with Crippen molar-refractivity contribution < 1.29 is 4.79 Å². The largest absolute Gasteiger partial charge is 0.281 e. The Morgan fingerprint density at radius 2 is 1.78 bits per heavy atom. The quantitative estimate of drug-likeness (QED) is 0.746. The van der Waals surface area contributed by atoms with Crippen molar-refractivity contribution in [3.63, 3.8) is 0 Å². The first-order chi connectivity index (χ1) is 8.72. The summed E-state index contributed by atoms with van der Waals surface area (Å²) in [6.07, 6.45) is 8.04. The molecular weight excluding hydrogens is 226 g/mol. The summed E-state index contributed by atoms with van der Waals surface area (Å²) in [5.74, 6) is 0.651. The van der Waals surface area contributed by atoms with Crippen molar-refractivity contribution in [1.29, 1.82) is 0 Å². The van der Waals surface area contributed by atoms with E-state index in [1.165, 1.54) is 0 Å². The Bertz CT molecular complexity index is 362. The lowest BCUT2D eigenvalue weighted by molar-refractivity contribution is -0.118. The minimum atomic E-state index is 0.114. The molecular formula is C14H23N3O. The van der Waals surface area contributed by atoms with E-state index in [2.05, 4.69) is 23.8 Å². The molecule has 0 N–H and O–H groups in total. The maximum atomic E-state index is 12.0. The first-order valence-corrected chi connectivity index (χ1v) is 6.84. The third-order valence-corrected chi connectivity index (χ3v) is 2.68. The lowest BCUT2D eigenvalue weighted by atomic mass is 10.2. The molecule has 0 aliphatic rings. The summed E-state index contributed by atoms with van der Waals surface area (Å²) >= 11 is 0. The van der Waals surface area contributed by atoms with Gasteiger partial charge in [0.2, 0.25) is 11.9 Å². The Morgan fingerprint density at radius 1 is 1.11 bits per heavy atom.